The molecular formula is C40H54N2O4. The number of hydrogen-bond donors (Lipinski definition) is 2. The number of hydrogen-bond acceptors (Lipinski definition) is 6. The zero-order chi connectivity index (χ0) is 32.1. The number of allylic oxidation sites excluding steroid dienone is 2. The van der Waals surface area contributed by atoms with Crippen molar-refractivity contribution in [1.82, 2.24) is 0 Å². The number of nitrogens with zero attached hydrogens (tertiary/aromatic N) is 2. The van der Waals surface area contributed by atoms with Crippen molar-refractivity contribution in [1.29, 1.82) is 0 Å². The first-order chi connectivity index (χ1) is 21.9. The second-order valence-electron chi connectivity index (χ2n) is 18.6. The molecule has 2 aliphatic heterocycles. The first-order valence-corrected chi connectivity index (χ1v) is 18.7. The minimum atomic E-state index is -0.552. The molecule has 0 aromatic rings. The molecule has 4 unspecified atom stereocenters. The minimum Gasteiger partial charge on any atom is -0.392 e. The molecule has 10 aliphatic carbocycles. The van der Waals surface area contributed by atoms with E-state index in [1.807, 2.05) is 0 Å². The summed E-state index contributed by atoms with van der Waals surface area (Å²) in [6.07, 6.45) is 18.1. The van der Waals surface area contributed by atoms with E-state index in [9.17, 15) is 19.8 Å². The molecule has 0 aromatic heterocycles. The lowest BCUT2D eigenvalue weighted by molar-refractivity contribution is -0.211. The summed E-state index contributed by atoms with van der Waals surface area (Å²) in [6.45, 7) is 14.7. The molecule has 0 radical (unpaired) electrons. The van der Waals surface area contributed by atoms with Crippen molar-refractivity contribution in [3.05, 3.63) is 24.3 Å². The van der Waals surface area contributed by atoms with Gasteiger partial charge in [-0.05, 0) is 135 Å². The smallest absolute Gasteiger partial charge is 0.167 e. The molecule has 46 heavy (non-hydrogen) atoms. The van der Waals surface area contributed by atoms with Gasteiger partial charge in [0.05, 0.1) is 23.0 Å². The van der Waals surface area contributed by atoms with Crippen LogP contribution in [0.4, 0.5) is 0 Å². The van der Waals surface area contributed by atoms with Gasteiger partial charge in [0.15, 0.2) is 11.6 Å². The van der Waals surface area contributed by atoms with Crippen molar-refractivity contribution in [2.24, 2.45) is 78.0 Å². The van der Waals surface area contributed by atoms with Crippen LogP contribution in [-0.4, -0.2) is 59.5 Å². The standard InChI is InChI=1S/2C20H27NO2/c2*1-12-13-4-7-20(17(12)23)15(8-13)19-6-3-5-18(2,10-21-11-19)14(19)9-16(20)22/h11,13-16,22H,1,3-10H2,2H3;10,13-16,22H,1,3-9,11H2,2H3/t2*13-,14?,15?,16+,18-,19-,20+/m00/s1. The van der Waals surface area contributed by atoms with E-state index in [1.165, 1.54) is 32.1 Å². The number of carbonyl (C=O) groups is 2. The van der Waals surface area contributed by atoms with Crippen molar-refractivity contribution in [3.8, 4) is 0 Å². The van der Waals surface area contributed by atoms with E-state index < -0.39 is 23.0 Å². The zero-order valence-electron chi connectivity index (χ0n) is 28.1. The topological polar surface area (TPSA) is 99.3 Å². The van der Waals surface area contributed by atoms with Gasteiger partial charge in [-0.3, -0.25) is 19.6 Å². The third kappa shape index (κ3) is 3.33. The highest BCUT2D eigenvalue weighted by Crippen LogP contribution is 2.73. The number of aliphatic hydroxyl groups excluding tert-OH is 2. The molecule has 12 rings (SSSR count). The van der Waals surface area contributed by atoms with Gasteiger partial charge < -0.3 is 10.2 Å². The number of rotatable bonds is 0. The second kappa shape index (κ2) is 9.40. The monoisotopic (exact) mass is 626 g/mol. The highest BCUT2D eigenvalue weighted by atomic mass is 16.3. The zero-order valence-corrected chi connectivity index (χ0v) is 28.1. The van der Waals surface area contributed by atoms with Crippen LogP contribution in [0, 0.1) is 68.0 Å². The number of fused-ring (bicyclic) bond motifs is 4. The molecule has 10 fully saturated rings. The van der Waals surface area contributed by atoms with Crippen LogP contribution in [0.5, 0.6) is 0 Å². The lowest BCUT2D eigenvalue weighted by Gasteiger charge is -2.69. The van der Waals surface area contributed by atoms with Gasteiger partial charge in [-0.15, -0.1) is 0 Å². The van der Waals surface area contributed by atoms with Crippen molar-refractivity contribution < 1.29 is 19.8 Å². The Labute approximate surface area is 274 Å². The molecule has 0 amide bonds. The third-order valence-corrected chi connectivity index (χ3v) is 17.2. The van der Waals surface area contributed by atoms with E-state index in [4.69, 9.17) is 9.98 Å². The summed E-state index contributed by atoms with van der Waals surface area (Å²) in [5.41, 5.74) is 1.06. The quantitative estimate of drug-likeness (QED) is 0.307. The van der Waals surface area contributed by atoms with Gasteiger partial charge in [-0.1, -0.05) is 39.8 Å². The van der Waals surface area contributed by atoms with Crippen LogP contribution >= 0.6 is 0 Å². The van der Waals surface area contributed by atoms with Gasteiger partial charge in [0.25, 0.3) is 0 Å². The van der Waals surface area contributed by atoms with E-state index >= 15 is 0 Å². The Balaban J connectivity index is 0.000000127. The lowest BCUT2D eigenvalue weighted by Crippen LogP contribution is -2.70. The second-order valence-corrected chi connectivity index (χ2v) is 18.6. The van der Waals surface area contributed by atoms with Crippen LogP contribution in [-0.2, 0) is 9.59 Å². The van der Waals surface area contributed by atoms with Crippen molar-refractivity contribution in [3.63, 3.8) is 0 Å². The van der Waals surface area contributed by atoms with Gasteiger partial charge in [0.1, 0.15) is 0 Å². The molecule has 8 bridgehead atoms. The van der Waals surface area contributed by atoms with Crippen LogP contribution in [0.15, 0.2) is 34.3 Å². The molecule has 248 valence electrons. The predicted molar refractivity (Wildman–Crippen MR) is 179 cm³/mol. The predicted octanol–water partition coefficient (Wildman–Crippen LogP) is 6.34. The first kappa shape index (κ1) is 30.2. The Morgan fingerprint density at radius 3 is 1.96 bits per heavy atom. The van der Waals surface area contributed by atoms with Crippen molar-refractivity contribution in [2.45, 2.75) is 116 Å². The molecule has 6 nitrogen and oxygen atoms in total. The molecule has 0 aromatic carbocycles. The maximum absolute atomic E-state index is 13.2. The van der Waals surface area contributed by atoms with Gasteiger partial charge in [0.2, 0.25) is 0 Å². The maximum Gasteiger partial charge on any atom is 0.167 e. The molecule has 6 heteroatoms. The number of ketones is 2. The summed E-state index contributed by atoms with van der Waals surface area (Å²) >= 11 is 0. The summed E-state index contributed by atoms with van der Waals surface area (Å²) in [4.78, 5) is 35.9. The van der Waals surface area contributed by atoms with E-state index in [2.05, 4.69) is 39.4 Å². The van der Waals surface area contributed by atoms with Gasteiger partial charge in [0, 0.05) is 36.3 Å². The summed E-state index contributed by atoms with van der Waals surface area (Å²) in [5, 5.41) is 22.3. The Kier molecular flexibility index (Phi) is 6.16. The minimum absolute atomic E-state index is 0.0551. The summed E-state index contributed by atoms with van der Waals surface area (Å²) in [5.74, 6) is 2.68. The van der Waals surface area contributed by atoms with E-state index in [0.29, 0.717) is 29.6 Å². The summed E-state index contributed by atoms with van der Waals surface area (Å²) in [6, 6.07) is 0. The fourth-order valence-electron chi connectivity index (χ4n) is 15.1. The third-order valence-electron chi connectivity index (χ3n) is 17.2. The fourth-order valence-corrected chi connectivity index (χ4v) is 15.1. The number of aliphatic imine (C=N–C) groups is 2. The Bertz CT molecular complexity index is 1500. The van der Waals surface area contributed by atoms with Crippen molar-refractivity contribution >= 4 is 24.0 Å². The van der Waals surface area contributed by atoms with Crippen LogP contribution in [0.25, 0.3) is 0 Å². The molecule has 0 saturated heterocycles. The van der Waals surface area contributed by atoms with Gasteiger partial charge in [-0.2, -0.15) is 0 Å². The average molecular weight is 627 g/mol. The molecule has 12 aliphatic rings. The lowest BCUT2D eigenvalue weighted by atomic mass is 9.35. The van der Waals surface area contributed by atoms with Crippen molar-refractivity contribution in [2.75, 3.05) is 13.1 Å². The SMILES string of the molecule is C=C1C(=O)[C@]23CC[C@H]1CC2[C@@]12CCC[C@@](C)(C=NC1)C2C[C@H]3O.C=C1C(=O)[C@]23CC[C@H]1CC2[C@]12C=NC[C@](C)(CCC1)C2C[C@H]3O. The van der Waals surface area contributed by atoms with Crippen LogP contribution in [0.2, 0.25) is 0 Å². The summed E-state index contributed by atoms with van der Waals surface area (Å²) < 4.78 is 0. The van der Waals surface area contributed by atoms with Crippen LogP contribution in [0.1, 0.15) is 104 Å². The molecule has 10 saturated carbocycles. The largest absolute Gasteiger partial charge is 0.392 e. The fraction of sp³-hybridized carbons (Fsp3) is 0.800. The van der Waals surface area contributed by atoms with E-state index in [-0.39, 0.29) is 39.1 Å². The number of aliphatic hydroxyl groups is 2. The molecule has 2 N–H and O–H groups in total. The maximum atomic E-state index is 13.2. The van der Waals surface area contributed by atoms with Gasteiger partial charge in [-0.25, -0.2) is 0 Å². The van der Waals surface area contributed by atoms with Gasteiger partial charge >= 0.3 is 0 Å². The van der Waals surface area contributed by atoms with Crippen LogP contribution < -0.4 is 0 Å². The molecule has 2 spiro atoms. The molecule has 14 atom stereocenters. The summed E-state index contributed by atoms with van der Waals surface area (Å²) in [7, 11) is 0. The Morgan fingerprint density at radius 1 is 0.674 bits per heavy atom. The van der Waals surface area contributed by atoms with Crippen LogP contribution in [0.3, 0.4) is 0 Å². The van der Waals surface area contributed by atoms with E-state index in [0.717, 1.165) is 82.0 Å². The molecule has 2 heterocycles. The highest BCUT2D eigenvalue weighted by molar-refractivity contribution is 6.03. The average Bonchev–Trinajstić information content (AvgIpc) is 3.02. The number of Topliss-reactive ketones (excluding diaryl/α,β-unsaturated/α-hetero) is 2. The normalized spacial score (nSPS) is 57.1. The number of carbonyl (C=O) groups excluding carboxylic acids is 2. The Morgan fingerprint density at radius 2 is 1.26 bits per heavy atom. The highest BCUT2D eigenvalue weighted by Gasteiger charge is 2.73. The first-order valence-electron chi connectivity index (χ1n) is 18.7. The Hall–Kier alpha value is -1.92. The molecular weight excluding hydrogens is 572 g/mol. The van der Waals surface area contributed by atoms with E-state index in [1.54, 1.807) is 0 Å².